The average molecular weight is 351 g/mol. The van der Waals surface area contributed by atoms with Crippen LogP contribution in [-0.2, 0) is 13.1 Å². The summed E-state index contributed by atoms with van der Waals surface area (Å²) >= 11 is 0. The van der Waals surface area contributed by atoms with Gasteiger partial charge < -0.3 is 16.0 Å². The van der Waals surface area contributed by atoms with Crippen molar-refractivity contribution in [2.24, 2.45) is 5.92 Å². The lowest BCUT2D eigenvalue weighted by molar-refractivity contribution is 0.0950. The highest BCUT2D eigenvalue weighted by molar-refractivity contribution is 5.95. The van der Waals surface area contributed by atoms with Crippen LogP contribution in [0.5, 0.6) is 0 Å². The molecule has 3 N–H and O–H groups in total. The lowest BCUT2D eigenvalue weighted by Crippen LogP contribution is -2.36. The molecular formula is C21H25N3O2. The first-order chi connectivity index (χ1) is 12.6. The largest absolute Gasteiger partial charge is 0.348 e. The Morgan fingerprint density at radius 2 is 1.62 bits per heavy atom. The average Bonchev–Trinajstić information content (AvgIpc) is 3.48. The van der Waals surface area contributed by atoms with Gasteiger partial charge in [-0.05, 0) is 48.4 Å². The summed E-state index contributed by atoms with van der Waals surface area (Å²) in [5.74, 6) is 0.590. The highest BCUT2D eigenvalue weighted by Crippen LogP contribution is 2.27. The van der Waals surface area contributed by atoms with Crippen molar-refractivity contribution in [2.45, 2.75) is 32.9 Å². The quantitative estimate of drug-likeness (QED) is 0.717. The minimum absolute atomic E-state index is 0.0777. The maximum absolute atomic E-state index is 12.3. The van der Waals surface area contributed by atoms with Crippen LogP contribution < -0.4 is 16.0 Å². The molecule has 3 rings (SSSR count). The van der Waals surface area contributed by atoms with Crippen LogP contribution in [0.2, 0.25) is 0 Å². The summed E-state index contributed by atoms with van der Waals surface area (Å²) in [5.41, 5.74) is 3.66. The molecule has 26 heavy (non-hydrogen) atoms. The van der Waals surface area contributed by atoms with Crippen LogP contribution in [0.25, 0.3) is 0 Å². The molecule has 0 heterocycles. The van der Waals surface area contributed by atoms with Gasteiger partial charge in [0.1, 0.15) is 0 Å². The molecule has 2 aromatic carbocycles. The standard InChI is InChI=1S/C21H25N3O2/c1-15-5-2-3-8-19(15)20(25)22-13-17-6-4-7-18(11-17)14-24-21(26)23-12-16-9-10-16/h2-8,11,16H,9-10,12-14H2,1H3,(H,22,25)(H2,23,24,26). The summed E-state index contributed by atoms with van der Waals surface area (Å²) in [6, 6.07) is 15.3. The highest BCUT2D eigenvalue weighted by Gasteiger charge is 2.21. The molecule has 0 saturated heterocycles. The Hall–Kier alpha value is -2.82. The van der Waals surface area contributed by atoms with E-state index in [9.17, 15) is 9.59 Å². The van der Waals surface area contributed by atoms with Crippen LogP contribution in [0.1, 0.15) is 39.9 Å². The van der Waals surface area contributed by atoms with Crippen molar-refractivity contribution in [2.75, 3.05) is 6.54 Å². The monoisotopic (exact) mass is 351 g/mol. The number of benzene rings is 2. The molecule has 136 valence electrons. The van der Waals surface area contributed by atoms with E-state index in [0.717, 1.165) is 23.2 Å². The molecule has 0 atom stereocenters. The minimum Gasteiger partial charge on any atom is -0.348 e. The molecule has 0 unspecified atom stereocenters. The van der Waals surface area contributed by atoms with Crippen molar-refractivity contribution in [3.05, 3.63) is 70.8 Å². The Morgan fingerprint density at radius 3 is 2.31 bits per heavy atom. The van der Waals surface area contributed by atoms with Gasteiger partial charge in [-0.15, -0.1) is 0 Å². The number of amides is 3. The predicted molar refractivity (Wildman–Crippen MR) is 102 cm³/mol. The first-order valence-electron chi connectivity index (χ1n) is 9.05. The Labute approximate surface area is 154 Å². The summed E-state index contributed by atoms with van der Waals surface area (Å²) < 4.78 is 0. The van der Waals surface area contributed by atoms with Crippen LogP contribution in [0.3, 0.4) is 0 Å². The van der Waals surface area contributed by atoms with Crippen molar-refractivity contribution in [3.8, 4) is 0 Å². The molecule has 2 aromatic rings. The predicted octanol–water partition coefficient (Wildman–Crippen LogP) is 3.13. The van der Waals surface area contributed by atoms with Crippen LogP contribution in [-0.4, -0.2) is 18.5 Å². The third-order valence-electron chi connectivity index (χ3n) is 4.54. The molecule has 1 saturated carbocycles. The van der Waals surface area contributed by atoms with Crippen molar-refractivity contribution in [3.63, 3.8) is 0 Å². The molecule has 1 fully saturated rings. The second kappa shape index (κ2) is 8.52. The Kier molecular flexibility index (Phi) is 5.89. The topological polar surface area (TPSA) is 70.2 Å². The molecule has 0 aromatic heterocycles. The summed E-state index contributed by atoms with van der Waals surface area (Å²) in [6.45, 7) is 3.61. The van der Waals surface area contributed by atoms with Gasteiger partial charge in [0.2, 0.25) is 0 Å². The first kappa shape index (κ1) is 18.0. The van der Waals surface area contributed by atoms with Crippen LogP contribution in [0, 0.1) is 12.8 Å². The number of hydrogen-bond donors (Lipinski definition) is 3. The third kappa shape index (κ3) is 5.34. The molecule has 0 bridgehead atoms. The van der Waals surface area contributed by atoms with Gasteiger partial charge in [0.15, 0.2) is 0 Å². The number of urea groups is 1. The lowest BCUT2D eigenvalue weighted by Gasteiger charge is -2.10. The normalized spacial score (nSPS) is 13.1. The molecule has 0 spiro atoms. The minimum atomic E-state index is -0.129. The highest BCUT2D eigenvalue weighted by atomic mass is 16.2. The molecule has 0 radical (unpaired) electrons. The Morgan fingerprint density at radius 1 is 0.923 bits per heavy atom. The number of aryl methyl sites for hydroxylation is 1. The van der Waals surface area contributed by atoms with E-state index >= 15 is 0 Å². The number of nitrogens with one attached hydrogen (secondary N) is 3. The van der Waals surface area contributed by atoms with Gasteiger partial charge in [-0.1, -0.05) is 42.5 Å². The summed E-state index contributed by atoms with van der Waals surface area (Å²) in [5, 5.41) is 8.71. The van der Waals surface area contributed by atoms with Crippen molar-refractivity contribution in [1.82, 2.24) is 16.0 Å². The maximum Gasteiger partial charge on any atom is 0.315 e. The van der Waals surface area contributed by atoms with Gasteiger partial charge >= 0.3 is 6.03 Å². The maximum atomic E-state index is 12.3. The third-order valence-corrected chi connectivity index (χ3v) is 4.54. The molecule has 5 nitrogen and oxygen atoms in total. The smallest absolute Gasteiger partial charge is 0.315 e. The van der Waals surface area contributed by atoms with Gasteiger partial charge in [-0.25, -0.2) is 4.79 Å². The summed E-state index contributed by atoms with van der Waals surface area (Å²) in [7, 11) is 0. The van der Waals surface area contributed by atoms with E-state index in [4.69, 9.17) is 0 Å². The molecule has 0 aliphatic heterocycles. The zero-order valence-corrected chi connectivity index (χ0v) is 15.0. The van der Waals surface area contributed by atoms with Crippen LogP contribution in [0.4, 0.5) is 4.79 Å². The number of carbonyl (C=O) groups excluding carboxylic acids is 2. The fourth-order valence-electron chi connectivity index (χ4n) is 2.76. The fourth-order valence-corrected chi connectivity index (χ4v) is 2.76. The number of hydrogen-bond acceptors (Lipinski definition) is 2. The van der Waals surface area contributed by atoms with Crippen LogP contribution in [0.15, 0.2) is 48.5 Å². The Balaban J connectivity index is 1.48. The summed E-state index contributed by atoms with van der Waals surface area (Å²) in [4.78, 5) is 24.1. The fraction of sp³-hybridized carbons (Fsp3) is 0.333. The van der Waals surface area contributed by atoms with E-state index in [2.05, 4.69) is 16.0 Å². The lowest BCUT2D eigenvalue weighted by atomic mass is 10.1. The second-order valence-corrected chi connectivity index (χ2v) is 6.82. The van der Waals surface area contributed by atoms with Gasteiger partial charge in [0, 0.05) is 25.2 Å². The van der Waals surface area contributed by atoms with Gasteiger partial charge in [0.05, 0.1) is 0 Å². The van der Waals surface area contributed by atoms with Gasteiger partial charge in [-0.2, -0.15) is 0 Å². The van der Waals surface area contributed by atoms with E-state index in [1.54, 1.807) is 0 Å². The molecule has 3 amide bonds. The van der Waals surface area contributed by atoms with E-state index in [0.29, 0.717) is 24.6 Å². The van der Waals surface area contributed by atoms with E-state index in [1.165, 1.54) is 12.8 Å². The van der Waals surface area contributed by atoms with Crippen molar-refractivity contribution in [1.29, 1.82) is 0 Å². The molecule has 1 aliphatic rings. The second-order valence-electron chi connectivity index (χ2n) is 6.82. The zero-order valence-electron chi connectivity index (χ0n) is 15.0. The summed E-state index contributed by atoms with van der Waals surface area (Å²) in [6.07, 6.45) is 2.44. The van der Waals surface area contributed by atoms with E-state index < -0.39 is 0 Å². The Bertz CT molecular complexity index is 784. The van der Waals surface area contributed by atoms with Gasteiger partial charge in [0.25, 0.3) is 5.91 Å². The number of carbonyl (C=O) groups is 2. The van der Waals surface area contributed by atoms with E-state index in [-0.39, 0.29) is 11.9 Å². The molecule has 5 heteroatoms. The van der Waals surface area contributed by atoms with Crippen molar-refractivity contribution < 1.29 is 9.59 Å². The van der Waals surface area contributed by atoms with Gasteiger partial charge in [-0.3, -0.25) is 4.79 Å². The molecule has 1 aliphatic carbocycles. The first-order valence-corrected chi connectivity index (χ1v) is 9.05. The number of rotatable bonds is 7. The van der Waals surface area contributed by atoms with Crippen LogP contribution >= 0.6 is 0 Å². The SMILES string of the molecule is Cc1ccccc1C(=O)NCc1cccc(CNC(=O)NCC2CC2)c1. The molecular weight excluding hydrogens is 326 g/mol. The van der Waals surface area contributed by atoms with Crippen molar-refractivity contribution >= 4 is 11.9 Å². The zero-order chi connectivity index (χ0) is 18.4. The van der Waals surface area contributed by atoms with E-state index in [1.807, 2.05) is 55.5 Å².